The van der Waals surface area contributed by atoms with Crippen LogP contribution in [0.5, 0.6) is 0 Å². The van der Waals surface area contributed by atoms with E-state index in [0.29, 0.717) is 38.8 Å². The third-order valence-electron chi connectivity index (χ3n) is 4.26. The van der Waals surface area contributed by atoms with Crippen molar-refractivity contribution in [3.63, 3.8) is 0 Å². The van der Waals surface area contributed by atoms with Gasteiger partial charge in [-0.25, -0.2) is 0 Å². The number of allylic oxidation sites excluding steroid dienone is 2. The number of carboxylic acid groups (broad SMARTS) is 1. The van der Waals surface area contributed by atoms with Crippen LogP contribution in [0.15, 0.2) is 12.2 Å². The molecule has 1 fully saturated rings. The van der Waals surface area contributed by atoms with Crippen molar-refractivity contribution in [2.75, 3.05) is 13.1 Å². The van der Waals surface area contributed by atoms with Gasteiger partial charge in [0, 0.05) is 36.8 Å². The summed E-state index contributed by atoms with van der Waals surface area (Å²) in [5.41, 5.74) is 5.26. The van der Waals surface area contributed by atoms with E-state index in [4.69, 9.17) is 5.73 Å². The predicted molar refractivity (Wildman–Crippen MR) is 68.9 cm³/mol. The number of likely N-dealkylation sites (tertiary alicyclic amines) is 1. The Balaban J connectivity index is 1.99. The van der Waals surface area contributed by atoms with Gasteiger partial charge in [-0.05, 0) is 25.7 Å². The van der Waals surface area contributed by atoms with E-state index in [2.05, 4.69) is 0 Å². The summed E-state index contributed by atoms with van der Waals surface area (Å²) in [4.78, 5) is 36.3. The third-order valence-corrected chi connectivity index (χ3v) is 4.26. The van der Waals surface area contributed by atoms with Crippen molar-refractivity contribution >= 4 is 17.8 Å². The van der Waals surface area contributed by atoms with E-state index in [-0.39, 0.29) is 17.7 Å². The van der Waals surface area contributed by atoms with E-state index >= 15 is 0 Å². The Bertz CT molecular complexity index is 438. The number of aliphatic carboxylic acids is 1. The maximum atomic E-state index is 12.4. The molecule has 2 atom stereocenters. The van der Waals surface area contributed by atoms with Gasteiger partial charge in [0.05, 0.1) is 0 Å². The first-order valence-electron chi connectivity index (χ1n) is 6.94. The molecule has 0 radical (unpaired) electrons. The van der Waals surface area contributed by atoms with Crippen LogP contribution in [0, 0.1) is 17.8 Å². The van der Waals surface area contributed by atoms with Crippen LogP contribution in [0.2, 0.25) is 0 Å². The average molecular weight is 279 g/mol. The Labute approximate surface area is 117 Å². The number of carboxylic acids is 1. The van der Waals surface area contributed by atoms with Gasteiger partial charge in [-0.2, -0.15) is 0 Å². The number of hydrogen-bond acceptors (Lipinski definition) is 4. The van der Waals surface area contributed by atoms with Gasteiger partial charge in [-0.15, -0.1) is 0 Å². The molecule has 0 aromatic heterocycles. The fraction of sp³-hybridized carbons (Fsp3) is 0.643. The van der Waals surface area contributed by atoms with Gasteiger partial charge < -0.3 is 20.5 Å². The van der Waals surface area contributed by atoms with Crippen LogP contribution < -0.4 is 10.8 Å². The van der Waals surface area contributed by atoms with Crippen molar-refractivity contribution in [1.29, 1.82) is 0 Å². The van der Waals surface area contributed by atoms with Crippen molar-refractivity contribution < 1.29 is 19.5 Å². The zero-order valence-electron chi connectivity index (χ0n) is 11.3. The van der Waals surface area contributed by atoms with Gasteiger partial charge >= 0.3 is 0 Å². The minimum atomic E-state index is -1.17. The topological polar surface area (TPSA) is 104 Å². The fourth-order valence-corrected chi connectivity index (χ4v) is 2.97. The number of rotatable bonds is 3. The molecule has 1 saturated heterocycles. The van der Waals surface area contributed by atoms with E-state index in [0.717, 1.165) is 0 Å². The molecule has 0 unspecified atom stereocenters. The van der Waals surface area contributed by atoms with Gasteiger partial charge in [0.15, 0.2) is 0 Å². The summed E-state index contributed by atoms with van der Waals surface area (Å²) in [5.74, 6) is -3.12. The largest absolute Gasteiger partial charge is 0.550 e. The minimum Gasteiger partial charge on any atom is -0.550 e. The van der Waals surface area contributed by atoms with Gasteiger partial charge in [0.2, 0.25) is 11.8 Å². The molecule has 20 heavy (non-hydrogen) atoms. The van der Waals surface area contributed by atoms with E-state index < -0.39 is 17.8 Å². The Kier molecular flexibility index (Phi) is 4.42. The maximum Gasteiger partial charge on any atom is 0.226 e. The predicted octanol–water partition coefficient (Wildman–Crippen LogP) is -0.957. The number of nitrogens with zero attached hydrogens (tertiary/aromatic N) is 1. The van der Waals surface area contributed by atoms with E-state index in [1.807, 2.05) is 6.08 Å². The zero-order chi connectivity index (χ0) is 14.7. The van der Waals surface area contributed by atoms with Crippen LogP contribution in [0.4, 0.5) is 0 Å². The highest BCUT2D eigenvalue weighted by atomic mass is 16.4. The molecule has 1 aliphatic heterocycles. The van der Waals surface area contributed by atoms with Crippen LogP contribution >= 0.6 is 0 Å². The second-order valence-corrected chi connectivity index (χ2v) is 5.48. The molecule has 0 saturated carbocycles. The van der Waals surface area contributed by atoms with E-state index in [9.17, 15) is 19.5 Å². The Morgan fingerprint density at radius 2 is 1.60 bits per heavy atom. The number of hydrogen-bond donors (Lipinski definition) is 1. The molecule has 1 heterocycles. The first-order valence-corrected chi connectivity index (χ1v) is 6.94. The van der Waals surface area contributed by atoms with Gasteiger partial charge in [-0.1, -0.05) is 12.2 Å². The normalized spacial score (nSPS) is 27.3. The highest BCUT2D eigenvalue weighted by Crippen LogP contribution is 2.28. The van der Waals surface area contributed by atoms with Gasteiger partial charge in [-0.3, -0.25) is 9.59 Å². The van der Waals surface area contributed by atoms with Crippen LogP contribution in [0.25, 0.3) is 0 Å². The van der Waals surface area contributed by atoms with Crippen molar-refractivity contribution in [3.05, 3.63) is 12.2 Å². The maximum absolute atomic E-state index is 12.4. The molecule has 1 aliphatic carbocycles. The Morgan fingerprint density at radius 1 is 1.05 bits per heavy atom. The molecule has 0 aromatic rings. The molecule has 2 aliphatic rings. The second kappa shape index (κ2) is 6.07. The van der Waals surface area contributed by atoms with Crippen LogP contribution in [-0.4, -0.2) is 35.8 Å². The molecule has 0 aromatic carbocycles. The van der Waals surface area contributed by atoms with Gasteiger partial charge in [0.1, 0.15) is 0 Å². The highest BCUT2D eigenvalue weighted by Gasteiger charge is 2.35. The van der Waals surface area contributed by atoms with Crippen molar-refractivity contribution in [2.45, 2.75) is 25.7 Å². The molecule has 0 bridgehead atoms. The lowest BCUT2D eigenvalue weighted by Gasteiger charge is -2.36. The molecule has 2 amide bonds. The molecule has 2 N–H and O–H groups in total. The number of carbonyl (C=O) groups is 3. The standard InChI is InChI=1S/C14H20N2O4/c15-12(17)9-5-7-16(8-6-9)13(18)10-3-1-2-4-11(10)14(19)20/h1-2,9-11H,3-8H2,(H2,15,17)(H,19,20)/p-1/t10-,11-/m1/s1. The van der Waals surface area contributed by atoms with E-state index in [1.54, 1.807) is 11.0 Å². The first kappa shape index (κ1) is 14.6. The summed E-state index contributed by atoms with van der Waals surface area (Å²) < 4.78 is 0. The molecule has 0 spiro atoms. The summed E-state index contributed by atoms with van der Waals surface area (Å²) >= 11 is 0. The minimum absolute atomic E-state index is 0.147. The molecule has 6 nitrogen and oxygen atoms in total. The molecule has 2 rings (SSSR count). The third kappa shape index (κ3) is 3.00. The van der Waals surface area contributed by atoms with Crippen molar-refractivity contribution in [3.8, 4) is 0 Å². The van der Waals surface area contributed by atoms with E-state index in [1.165, 1.54) is 0 Å². The summed E-state index contributed by atoms with van der Waals surface area (Å²) in [6.07, 6.45) is 5.52. The average Bonchev–Trinajstić information content (AvgIpc) is 2.46. The van der Waals surface area contributed by atoms with Crippen LogP contribution in [0.3, 0.4) is 0 Å². The Hall–Kier alpha value is -1.85. The molecule has 110 valence electrons. The molecule has 6 heteroatoms. The number of piperidine rings is 1. The number of primary amides is 1. The van der Waals surface area contributed by atoms with Gasteiger partial charge in [0.25, 0.3) is 0 Å². The summed E-state index contributed by atoms with van der Waals surface area (Å²) in [6.45, 7) is 0.929. The lowest BCUT2D eigenvalue weighted by Crippen LogP contribution is -2.48. The lowest BCUT2D eigenvalue weighted by molar-refractivity contribution is -0.313. The zero-order valence-corrected chi connectivity index (χ0v) is 11.3. The SMILES string of the molecule is NC(=O)C1CCN(C(=O)[C@@H]2CC=CC[C@H]2C(=O)[O-])CC1. The van der Waals surface area contributed by atoms with Crippen LogP contribution in [0.1, 0.15) is 25.7 Å². The first-order chi connectivity index (χ1) is 9.50. The molecular formula is C14H19N2O4-. The number of carbonyl (C=O) groups excluding carboxylic acids is 3. The second-order valence-electron chi connectivity index (χ2n) is 5.48. The highest BCUT2D eigenvalue weighted by molar-refractivity contribution is 5.85. The smallest absolute Gasteiger partial charge is 0.226 e. The lowest BCUT2D eigenvalue weighted by atomic mass is 9.81. The monoisotopic (exact) mass is 279 g/mol. The summed E-state index contributed by atoms with van der Waals surface area (Å²) in [6, 6.07) is 0. The summed E-state index contributed by atoms with van der Waals surface area (Å²) in [5, 5.41) is 11.1. The number of nitrogens with two attached hydrogens (primary N) is 1. The van der Waals surface area contributed by atoms with Crippen molar-refractivity contribution in [1.82, 2.24) is 4.90 Å². The Morgan fingerprint density at radius 3 is 2.10 bits per heavy atom. The molecular weight excluding hydrogens is 260 g/mol. The van der Waals surface area contributed by atoms with Crippen LogP contribution in [-0.2, 0) is 14.4 Å². The summed E-state index contributed by atoms with van der Waals surface area (Å²) in [7, 11) is 0. The quantitative estimate of drug-likeness (QED) is 0.672. The van der Waals surface area contributed by atoms with Crippen molar-refractivity contribution in [2.24, 2.45) is 23.5 Å². The number of amides is 2. The fourth-order valence-electron chi connectivity index (χ4n) is 2.97.